The van der Waals surface area contributed by atoms with Crippen LogP contribution in [0.4, 0.5) is 0 Å². The number of unbranched alkanes of at least 4 members (excludes halogenated alkanes) is 1. The number of oxazole rings is 1. The average Bonchev–Trinajstić information content (AvgIpc) is 2.68. The number of rotatable bonds is 6. The lowest BCUT2D eigenvalue weighted by Crippen LogP contribution is -2.27. The summed E-state index contributed by atoms with van der Waals surface area (Å²) in [6.07, 6.45) is 4.96. The summed E-state index contributed by atoms with van der Waals surface area (Å²) >= 11 is 0. The molecule has 16 heavy (non-hydrogen) atoms. The Bertz CT molecular complexity index is 334. The fourth-order valence-electron chi connectivity index (χ4n) is 1.47. The van der Waals surface area contributed by atoms with Crippen molar-refractivity contribution in [1.82, 2.24) is 9.88 Å². The highest BCUT2D eigenvalue weighted by molar-refractivity contribution is 5.76. The Morgan fingerprint density at radius 1 is 1.56 bits per heavy atom. The van der Waals surface area contributed by atoms with Gasteiger partial charge in [-0.05, 0) is 6.42 Å². The SMILES string of the molecule is CCCCN(C)C(=O)CCc1coc(C)n1. The third-order valence-corrected chi connectivity index (χ3v) is 2.53. The molecule has 1 amide bonds. The molecule has 0 spiro atoms. The highest BCUT2D eigenvalue weighted by Gasteiger charge is 2.09. The van der Waals surface area contributed by atoms with E-state index in [1.54, 1.807) is 18.1 Å². The first-order valence-corrected chi connectivity index (χ1v) is 5.78. The fraction of sp³-hybridized carbons (Fsp3) is 0.667. The molecule has 1 heterocycles. The van der Waals surface area contributed by atoms with Gasteiger partial charge in [0.15, 0.2) is 5.89 Å². The Labute approximate surface area is 96.7 Å². The van der Waals surface area contributed by atoms with Gasteiger partial charge in [0.25, 0.3) is 0 Å². The van der Waals surface area contributed by atoms with Crippen LogP contribution in [0, 0.1) is 6.92 Å². The molecule has 0 saturated carbocycles. The van der Waals surface area contributed by atoms with E-state index in [1.807, 2.05) is 7.05 Å². The summed E-state index contributed by atoms with van der Waals surface area (Å²) in [5, 5.41) is 0. The minimum atomic E-state index is 0.175. The van der Waals surface area contributed by atoms with Gasteiger partial charge < -0.3 is 9.32 Å². The predicted octanol–water partition coefficient (Wildman–Crippen LogP) is 2.17. The lowest BCUT2D eigenvalue weighted by Gasteiger charge is -2.16. The second kappa shape index (κ2) is 6.30. The van der Waals surface area contributed by atoms with E-state index in [-0.39, 0.29) is 5.91 Å². The van der Waals surface area contributed by atoms with E-state index in [9.17, 15) is 4.79 Å². The van der Waals surface area contributed by atoms with E-state index in [2.05, 4.69) is 11.9 Å². The van der Waals surface area contributed by atoms with Crippen LogP contribution in [0.2, 0.25) is 0 Å². The first-order chi connectivity index (χ1) is 7.63. The zero-order chi connectivity index (χ0) is 12.0. The summed E-state index contributed by atoms with van der Waals surface area (Å²) in [4.78, 5) is 17.7. The van der Waals surface area contributed by atoms with Gasteiger partial charge in [0.05, 0.1) is 5.69 Å². The van der Waals surface area contributed by atoms with Gasteiger partial charge in [-0.3, -0.25) is 4.79 Å². The molecule has 0 saturated heterocycles. The minimum Gasteiger partial charge on any atom is -0.449 e. The van der Waals surface area contributed by atoms with Crippen molar-refractivity contribution in [2.45, 2.75) is 39.5 Å². The number of hydrogen-bond acceptors (Lipinski definition) is 3. The highest BCUT2D eigenvalue weighted by atomic mass is 16.3. The summed E-state index contributed by atoms with van der Waals surface area (Å²) in [7, 11) is 1.85. The van der Waals surface area contributed by atoms with E-state index < -0.39 is 0 Å². The van der Waals surface area contributed by atoms with E-state index in [0.717, 1.165) is 25.1 Å². The predicted molar refractivity (Wildman–Crippen MR) is 62.1 cm³/mol. The van der Waals surface area contributed by atoms with Gasteiger partial charge in [0, 0.05) is 33.4 Å². The first kappa shape index (κ1) is 12.7. The molecule has 0 aromatic carbocycles. The monoisotopic (exact) mass is 224 g/mol. The Morgan fingerprint density at radius 3 is 2.88 bits per heavy atom. The lowest BCUT2D eigenvalue weighted by atomic mass is 10.2. The van der Waals surface area contributed by atoms with Crippen LogP contribution < -0.4 is 0 Å². The first-order valence-electron chi connectivity index (χ1n) is 5.78. The molecule has 90 valence electrons. The summed E-state index contributed by atoms with van der Waals surface area (Å²) in [5.74, 6) is 0.830. The maximum atomic E-state index is 11.7. The highest BCUT2D eigenvalue weighted by Crippen LogP contribution is 2.05. The Balaban J connectivity index is 2.29. The molecule has 1 aromatic heterocycles. The second-order valence-corrected chi connectivity index (χ2v) is 4.03. The largest absolute Gasteiger partial charge is 0.449 e. The lowest BCUT2D eigenvalue weighted by molar-refractivity contribution is -0.129. The average molecular weight is 224 g/mol. The summed E-state index contributed by atoms with van der Waals surface area (Å²) < 4.78 is 5.09. The molecule has 0 bridgehead atoms. The van der Waals surface area contributed by atoms with Crippen LogP contribution in [-0.4, -0.2) is 29.4 Å². The zero-order valence-electron chi connectivity index (χ0n) is 10.3. The van der Waals surface area contributed by atoms with Crippen molar-refractivity contribution in [3.8, 4) is 0 Å². The molecule has 1 aromatic rings. The van der Waals surface area contributed by atoms with Crippen molar-refractivity contribution >= 4 is 5.91 Å². The standard InChI is InChI=1S/C12H20N2O2/c1-4-5-8-14(3)12(15)7-6-11-9-16-10(2)13-11/h9H,4-8H2,1-3H3. The summed E-state index contributed by atoms with van der Waals surface area (Å²) in [6.45, 7) is 4.77. The number of carbonyl (C=O) groups excluding carboxylic acids is 1. The van der Waals surface area contributed by atoms with Crippen molar-refractivity contribution in [2.75, 3.05) is 13.6 Å². The van der Waals surface area contributed by atoms with Gasteiger partial charge >= 0.3 is 0 Å². The quantitative estimate of drug-likeness (QED) is 0.744. The van der Waals surface area contributed by atoms with Crippen LogP contribution in [0.1, 0.15) is 37.8 Å². The molecule has 1 rings (SSSR count). The molecule has 0 fully saturated rings. The number of amides is 1. The van der Waals surface area contributed by atoms with Gasteiger partial charge in [0.1, 0.15) is 6.26 Å². The second-order valence-electron chi connectivity index (χ2n) is 4.03. The molecule has 0 N–H and O–H groups in total. The molecule has 0 aliphatic carbocycles. The number of hydrogen-bond donors (Lipinski definition) is 0. The van der Waals surface area contributed by atoms with Crippen molar-refractivity contribution in [3.05, 3.63) is 17.8 Å². The normalized spacial score (nSPS) is 10.4. The third-order valence-electron chi connectivity index (χ3n) is 2.53. The number of aryl methyl sites for hydroxylation is 2. The van der Waals surface area contributed by atoms with E-state index in [0.29, 0.717) is 18.7 Å². The molecule has 4 heteroatoms. The van der Waals surface area contributed by atoms with E-state index in [1.165, 1.54) is 0 Å². The maximum absolute atomic E-state index is 11.7. The fourth-order valence-corrected chi connectivity index (χ4v) is 1.47. The van der Waals surface area contributed by atoms with Crippen LogP contribution >= 0.6 is 0 Å². The van der Waals surface area contributed by atoms with Crippen LogP contribution in [0.15, 0.2) is 10.7 Å². The Morgan fingerprint density at radius 2 is 2.31 bits per heavy atom. The summed E-state index contributed by atoms with van der Waals surface area (Å²) in [6, 6.07) is 0. The maximum Gasteiger partial charge on any atom is 0.222 e. The molecule has 0 aliphatic heterocycles. The molecular formula is C12H20N2O2. The van der Waals surface area contributed by atoms with Crippen LogP contribution in [0.25, 0.3) is 0 Å². The molecule has 0 unspecified atom stereocenters. The molecular weight excluding hydrogens is 204 g/mol. The van der Waals surface area contributed by atoms with E-state index >= 15 is 0 Å². The van der Waals surface area contributed by atoms with Gasteiger partial charge in [0.2, 0.25) is 5.91 Å². The number of carbonyl (C=O) groups is 1. The van der Waals surface area contributed by atoms with Gasteiger partial charge in [-0.15, -0.1) is 0 Å². The minimum absolute atomic E-state index is 0.175. The zero-order valence-corrected chi connectivity index (χ0v) is 10.3. The van der Waals surface area contributed by atoms with Gasteiger partial charge in [-0.25, -0.2) is 4.98 Å². The number of aromatic nitrogens is 1. The van der Waals surface area contributed by atoms with Crippen LogP contribution in [-0.2, 0) is 11.2 Å². The molecule has 4 nitrogen and oxygen atoms in total. The molecule has 0 atom stereocenters. The van der Waals surface area contributed by atoms with Crippen LogP contribution in [0.3, 0.4) is 0 Å². The third kappa shape index (κ3) is 4.04. The number of nitrogens with zero attached hydrogens (tertiary/aromatic N) is 2. The van der Waals surface area contributed by atoms with Gasteiger partial charge in [-0.1, -0.05) is 13.3 Å². The molecule has 0 aliphatic rings. The Hall–Kier alpha value is -1.32. The van der Waals surface area contributed by atoms with Crippen LogP contribution in [0.5, 0.6) is 0 Å². The van der Waals surface area contributed by atoms with Crippen molar-refractivity contribution in [3.63, 3.8) is 0 Å². The Kier molecular flexibility index (Phi) is 5.02. The smallest absolute Gasteiger partial charge is 0.222 e. The molecule has 0 radical (unpaired) electrons. The topological polar surface area (TPSA) is 46.3 Å². The van der Waals surface area contributed by atoms with Gasteiger partial charge in [-0.2, -0.15) is 0 Å². The summed E-state index contributed by atoms with van der Waals surface area (Å²) in [5.41, 5.74) is 0.856. The van der Waals surface area contributed by atoms with Crippen molar-refractivity contribution in [2.24, 2.45) is 0 Å². The van der Waals surface area contributed by atoms with Crippen molar-refractivity contribution in [1.29, 1.82) is 0 Å². The van der Waals surface area contributed by atoms with Crippen molar-refractivity contribution < 1.29 is 9.21 Å². The van der Waals surface area contributed by atoms with E-state index in [4.69, 9.17) is 4.42 Å².